The van der Waals surface area contributed by atoms with Crippen LogP contribution in [0.25, 0.3) is 28.0 Å². The van der Waals surface area contributed by atoms with Gasteiger partial charge in [-0.3, -0.25) is 4.98 Å². The number of fused-ring (bicyclic) bond motifs is 1. The zero-order valence-electron chi connectivity index (χ0n) is 18.3. The SMILES string of the molecule is O=C(Nc1cccc(-c2ccnc3c(-c4ccncc4)cnn23)c1)Nc1ccc(F)c(C(F)(F)F)c1. The average molecular weight is 492 g/mol. The highest BCUT2D eigenvalue weighted by atomic mass is 19.4. The Morgan fingerprint density at radius 1 is 0.861 bits per heavy atom. The molecule has 0 spiro atoms. The van der Waals surface area contributed by atoms with Crippen molar-refractivity contribution in [1.29, 1.82) is 0 Å². The van der Waals surface area contributed by atoms with Crippen LogP contribution in [-0.2, 0) is 6.18 Å². The Balaban J connectivity index is 1.39. The third-order valence-corrected chi connectivity index (χ3v) is 5.34. The highest BCUT2D eigenvalue weighted by molar-refractivity contribution is 6.00. The van der Waals surface area contributed by atoms with E-state index < -0.39 is 23.6 Å². The molecule has 0 saturated carbocycles. The van der Waals surface area contributed by atoms with Crippen molar-refractivity contribution in [2.75, 3.05) is 10.6 Å². The molecule has 3 aromatic heterocycles. The third kappa shape index (κ3) is 4.58. The summed E-state index contributed by atoms with van der Waals surface area (Å²) in [7, 11) is 0. The standard InChI is InChI=1S/C25H16F4N6O/c26-21-5-4-18(13-20(21)25(27,28)29)34-24(36)33-17-3-1-2-16(12-17)22-8-11-31-23-19(14-32-35(22)23)15-6-9-30-10-7-15/h1-14H,(H2,33,34,36). The van der Waals surface area contributed by atoms with E-state index in [1.165, 1.54) is 0 Å². The fraction of sp³-hybridized carbons (Fsp3) is 0.0400. The van der Waals surface area contributed by atoms with Gasteiger partial charge in [-0.15, -0.1) is 0 Å². The van der Waals surface area contributed by atoms with Crippen molar-refractivity contribution >= 4 is 23.1 Å². The minimum atomic E-state index is -4.88. The summed E-state index contributed by atoms with van der Waals surface area (Å²) in [6.45, 7) is 0. The summed E-state index contributed by atoms with van der Waals surface area (Å²) in [6, 6.07) is 13.8. The van der Waals surface area contributed by atoms with Gasteiger partial charge in [0.2, 0.25) is 0 Å². The zero-order valence-corrected chi connectivity index (χ0v) is 18.3. The number of nitrogens with one attached hydrogen (secondary N) is 2. The lowest BCUT2D eigenvalue weighted by atomic mass is 10.1. The second-order valence-electron chi connectivity index (χ2n) is 7.71. The van der Waals surface area contributed by atoms with Crippen molar-refractivity contribution in [2.24, 2.45) is 0 Å². The Bertz CT molecular complexity index is 1570. The predicted octanol–water partition coefficient (Wildman–Crippen LogP) is 6.26. The molecule has 180 valence electrons. The molecule has 2 aromatic carbocycles. The number of anilines is 2. The normalized spacial score (nSPS) is 11.4. The first-order chi connectivity index (χ1) is 17.3. The molecule has 0 aliphatic carbocycles. The minimum absolute atomic E-state index is 0.201. The molecule has 5 aromatic rings. The molecule has 2 N–H and O–H groups in total. The molecule has 3 heterocycles. The van der Waals surface area contributed by atoms with Gasteiger partial charge in [-0.2, -0.15) is 18.3 Å². The number of pyridine rings is 1. The Labute approximate surface area is 201 Å². The summed E-state index contributed by atoms with van der Waals surface area (Å²) >= 11 is 0. The number of halogens is 4. The van der Waals surface area contributed by atoms with Gasteiger partial charge in [-0.25, -0.2) is 18.7 Å². The Kier molecular flexibility index (Phi) is 5.80. The van der Waals surface area contributed by atoms with Gasteiger partial charge in [0.1, 0.15) is 5.82 Å². The maximum Gasteiger partial charge on any atom is 0.419 e. The van der Waals surface area contributed by atoms with E-state index in [4.69, 9.17) is 0 Å². The van der Waals surface area contributed by atoms with Gasteiger partial charge in [0.05, 0.1) is 17.5 Å². The van der Waals surface area contributed by atoms with Gasteiger partial charge in [0.25, 0.3) is 0 Å². The highest BCUT2D eigenvalue weighted by Gasteiger charge is 2.34. The predicted molar refractivity (Wildman–Crippen MR) is 126 cm³/mol. The van der Waals surface area contributed by atoms with Crippen LogP contribution in [0.5, 0.6) is 0 Å². The molecular formula is C25H16F4N6O. The summed E-state index contributed by atoms with van der Waals surface area (Å²) in [5.41, 5.74) is 2.50. The number of nitrogens with zero attached hydrogens (tertiary/aromatic N) is 4. The van der Waals surface area contributed by atoms with E-state index in [0.717, 1.165) is 17.2 Å². The quantitative estimate of drug-likeness (QED) is 0.290. The second-order valence-corrected chi connectivity index (χ2v) is 7.71. The Morgan fingerprint density at radius 3 is 2.36 bits per heavy atom. The number of aromatic nitrogens is 4. The molecule has 0 aliphatic rings. The van der Waals surface area contributed by atoms with Crippen LogP contribution in [0.3, 0.4) is 0 Å². The number of hydrogen-bond donors (Lipinski definition) is 2. The van der Waals surface area contributed by atoms with Crippen LogP contribution in [-0.4, -0.2) is 25.6 Å². The van der Waals surface area contributed by atoms with Crippen LogP contribution in [0.15, 0.2) is 85.5 Å². The van der Waals surface area contributed by atoms with Crippen molar-refractivity contribution in [3.8, 4) is 22.4 Å². The maximum atomic E-state index is 13.5. The van der Waals surface area contributed by atoms with Crippen molar-refractivity contribution in [1.82, 2.24) is 19.6 Å². The molecule has 0 unspecified atom stereocenters. The summed E-state index contributed by atoms with van der Waals surface area (Å²) < 4.78 is 54.0. The summed E-state index contributed by atoms with van der Waals surface area (Å²) in [5.74, 6) is -1.42. The van der Waals surface area contributed by atoms with Crippen LogP contribution in [0.4, 0.5) is 33.7 Å². The van der Waals surface area contributed by atoms with Crippen LogP contribution < -0.4 is 10.6 Å². The van der Waals surface area contributed by atoms with Gasteiger partial charge in [0.15, 0.2) is 5.65 Å². The topological polar surface area (TPSA) is 84.2 Å². The molecule has 0 saturated heterocycles. The summed E-state index contributed by atoms with van der Waals surface area (Å²) in [6.07, 6.45) is 1.83. The van der Waals surface area contributed by atoms with Crippen LogP contribution in [0.1, 0.15) is 5.56 Å². The molecule has 0 bridgehead atoms. The van der Waals surface area contributed by atoms with Gasteiger partial charge in [0, 0.05) is 41.1 Å². The van der Waals surface area contributed by atoms with Gasteiger partial charge in [-0.1, -0.05) is 12.1 Å². The van der Waals surface area contributed by atoms with E-state index in [0.29, 0.717) is 34.7 Å². The molecule has 0 atom stereocenters. The van der Waals surface area contributed by atoms with E-state index in [1.54, 1.807) is 53.6 Å². The van der Waals surface area contributed by atoms with Gasteiger partial charge >= 0.3 is 12.2 Å². The number of carbonyl (C=O) groups is 1. The Hall–Kier alpha value is -4.80. The lowest BCUT2D eigenvalue weighted by Crippen LogP contribution is -2.20. The molecular weight excluding hydrogens is 476 g/mol. The molecule has 11 heteroatoms. The maximum absolute atomic E-state index is 13.5. The number of rotatable bonds is 4. The largest absolute Gasteiger partial charge is 0.419 e. The molecule has 36 heavy (non-hydrogen) atoms. The number of amides is 2. The van der Waals surface area contributed by atoms with E-state index >= 15 is 0 Å². The zero-order chi connectivity index (χ0) is 25.3. The highest BCUT2D eigenvalue weighted by Crippen LogP contribution is 2.33. The molecule has 7 nitrogen and oxygen atoms in total. The lowest BCUT2D eigenvalue weighted by molar-refractivity contribution is -0.139. The van der Waals surface area contributed by atoms with Crippen molar-refractivity contribution in [2.45, 2.75) is 6.18 Å². The molecule has 0 aliphatic heterocycles. The van der Waals surface area contributed by atoms with E-state index in [-0.39, 0.29) is 5.69 Å². The molecule has 2 amide bonds. The van der Waals surface area contributed by atoms with Crippen molar-refractivity contribution in [3.05, 3.63) is 96.8 Å². The van der Waals surface area contributed by atoms with E-state index in [1.807, 2.05) is 18.2 Å². The summed E-state index contributed by atoms with van der Waals surface area (Å²) in [5, 5.41) is 9.33. The number of alkyl halides is 3. The van der Waals surface area contributed by atoms with E-state index in [2.05, 4.69) is 25.7 Å². The Morgan fingerprint density at radius 2 is 1.61 bits per heavy atom. The van der Waals surface area contributed by atoms with Gasteiger partial charge < -0.3 is 10.6 Å². The monoisotopic (exact) mass is 492 g/mol. The fourth-order valence-corrected chi connectivity index (χ4v) is 3.72. The second kappa shape index (κ2) is 9.10. The van der Waals surface area contributed by atoms with Crippen LogP contribution >= 0.6 is 0 Å². The molecule has 0 radical (unpaired) electrons. The number of hydrogen-bond acceptors (Lipinski definition) is 4. The van der Waals surface area contributed by atoms with Crippen LogP contribution in [0, 0.1) is 5.82 Å². The fourth-order valence-electron chi connectivity index (χ4n) is 3.72. The first-order valence-electron chi connectivity index (χ1n) is 10.6. The summed E-state index contributed by atoms with van der Waals surface area (Å²) in [4.78, 5) is 20.9. The average Bonchev–Trinajstić information content (AvgIpc) is 3.29. The molecule has 5 rings (SSSR count). The number of urea groups is 1. The van der Waals surface area contributed by atoms with Crippen molar-refractivity contribution in [3.63, 3.8) is 0 Å². The first-order valence-corrected chi connectivity index (χ1v) is 10.6. The number of benzene rings is 2. The van der Waals surface area contributed by atoms with E-state index in [9.17, 15) is 22.4 Å². The minimum Gasteiger partial charge on any atom is -0.308 e. The third-order valence-electron chi connectivity index (χ3n) is 5.34. The van der Waals surface area contributed by atoms with Crippen molar-refractivity contribution < 1.29 is 22.4 Å². The van der Waals surface area contributed by atoms with Crippen LogP contribution in [0.2, 0.25) is 0 Å². The lowest BCUT2D eigenvalue weighted by Gasteiger charge is -2.12. The molecule has 0 fully saturated rings. The number of carbonyl (C=O) groups excluding carboxylic acids is 1. The smallest absolute Gasteiger partial charge is 0.308 e. The van der Waals surface area contributed by atoms with Gasteiger partial charge in [-0.05, 0) is 54.1 Å². The first kappa shape index (κ1) is 23.0.